The van der Waals surface area contributed by atoms with Gasteiger partial charge >= 0.3 is 6.03 Å². The van der Waals surface area contributed by atoms with Gasteiger partial charge in [0.05, 0.1) is 6.10 Å². The van der Waals surface area contributed by atoms with Crippen LogP contribution >= 0.6 is 0 Å². The molecule has 0 saturated carbocycles. The molecule has 0 aromatic rings. The van der Waals surface area contributed by atoms with Crippen molar-refractivity contribution in [2.24, 2.45) is 0 Å². The van der Waals surface area contributed by atoms with E-state index in [0.717, 1.165) is 39.0 Å². The van der Waals surface area contributed by atoms with Crippen LogP contribution in [0.5, 0.6) is 0 Å². The summed E-state index contributed by atoms with van der Waals surface area (Å²) >= 11 is 0. The number of nitrogens with one attached hydrogen (secondary N) is 1. The van der Waals surface area contributed by atoms with E-state index in [4.69, 9.17) is 0 Å². The van der Waals surface area contributed by atoms with Crippen molar-refractivity contribution in [2.45, 2.75) is 31.9 Å². The third-order valence-corrected chi connectivity index (χ3v) is 3.36. The van der Waals surface area contributed by atoms with E-state index in [9.17, 15) is 9.90 Å². The number of aliphatic hydroxyl groups excluding tert-OH is 1. The van der Waals surface area contributed by atoms with E-state index in [-0.39, 0.29) is 6.03 Å². The molecule has 0 aromatic heterocycles. The number of urea groups is 1. The van der Waals surface area contributed by atoms with Gasteiger partial charge in [-0.05, 0) is 32.9 Å². The van der Waals surface area contributed by atoms with Crippen LogP contribution < -0.4 is 5.32 Å². The molecule has 0 aromatic carbocycles. The van der Waals surface area contributed by atoms with Crippen molar-refractivity contribution in [3.8, 4) is 0 Å². The summed E-state index contributed by atoms with van der Waals surface area (Å²) in [6.45, 7) is 5.76. The molecule has 2 heterocycles. The fourth-order valence-electron chi connectivity index (χ4n) is 2.55. The zero-order valence-corrected chi connectivity index (χ0v) is 9.85. The molecule has 2 fully saturated rings. The van der Waals surface area contributed by atoms with Gasteiger partial charge in [-0.1, -0.05) is 0 Å². The number of carbonyl (C=O) groups excluding carboxylic acids is 1. The Bertz CT molecular complexity index is 252. The van der Waals surface area contributed by atoms with Crippen LogP contribution in [0.4, 0.5) is 4.79 Å². The Morgan fingerprint density at radius 3 is 2.75 bits per heavy atom. The number of β-amino-alcohol motifs (C(OH)–C–C–N with tert-alkyl or cyclic N) is 1. The molecule has 2 rings (SSSR count). The van der Waals surface area contributed by atoms with Crippen LogP contribution in [0.1, 0.15) is 19.8 Å². The molecule has 0 aliphatic carbocycles. The van der Waals surface area contributed by atoms with E-state index in [0.29, 0.717) is 12.6 Å². The number of carbonyl (C=O) groups is 1. The highest BCUT2D eigenvalue weighted by Gasteiger charge is 2.34. The highest BCUT2D eigenvalue weighted by atomic mass is 16.3. The monoisotopic (exact) mass is 227 g/mol. The van der Waals surface area contributed by atoms with Crippen molar-refractivity contribution in [3.63, 3.8) is 0 Å². The molecule has 0 bridgehead atoms. The van der Waals surface area contributed by atoms with Crippen molar-refractivity contribution in [1.29, 1.82) is 0 Å². The summed E-state index contributed by atoms with van der Waals surface area (Å²) in [4.78, 5) is 15.8. The normalized spacial score (nSPS) is 25.2. The van der Waals surface area contributed by atoms with Gasteiger partial charge in [0, 0.05) is 25.7 Å². The Kier molecular flexibility index (Phi) is 3.66. The number of rotatable bonds is 3. The first-order valence-corrected chi connectivity index (χ1v) is 6.13. The number of nitrogens with zero attached hydrogens (tertiary/aromatic N) is 2. The summed E-state index contributed by atoms with van der Waals surface area (Å²) in [5, 5.41) is 12.6. The number of piperidine rings is 1. The molecule has 2 aliphatic rings. The molecule has 2 N–H and O–H groups in total. The van der Waals surface area contributed by atoms with Crippen molar-refractivity contribution >= 4 is 6.03 Å². The molecular formula is C11H21N3O2. The topological polar surface area (TPSA) is 55.8 Å². The Balaban J connectivity index is 1.90. The maximum Gasteiger partial charge on any atom is 0.320 e. The van der Waals surface area contributed by atoms with Gasteiger partial charge in [-0.25, -0.2) is 4.79 Å². The summed E-state index contributed by atoms with van der Waals surface area (Å²) in [5.74, 6) is 0. The number of hydrogen-bond donors (Lipinski definition) is 2. The zero-order valence-electron chi connectivity index (χ0n) is 9.85. The van der Waals surface area contributed by atoms with E-state index in [1.807, 2.05) is 4.90 Å². The molecule has 5 nitrogen and oxygen atoms in total. The molecule has 2 aliphatic heterocycles. The van der Waals surface area contributed by atoms with Gasteiger partial charge in [-0.2, -0.15) is 0 Å². The van der Waals surface area contributed by atoms with Gasteiger partial charge < -0.3 is 20.2 Å². The molecule has 0 radical (unpaired) electrons. The average Bonchev–Trinajstić information content (AvgIpc) is 2.61. The van der Waals surface area contributed by atoms with E-state index < -0.39 is 6.10 Å². The molecule has 0 spiro atoms. The van der Waals surface area contributed by atoms with Gasteiger partial charge in [-0.3, -0.25) is 0 Å². The van der Waals surface area contributed by atoms with Gasteiger partial charge in [-0.15, -0.1) is 0 Å². The first kappa shape index (κ1) is 11.7. The van der Waals surface area contributed by atoms with E-state index in [2.05, 4.69) is 5.32 Å². The first-order valence-electron chi connectivity index (χ1n) is 6.13. The predicted molar refractivity (Wildman–Crippen MR) is 61.2 cm³/mol. The smallest absolute Gasteiger partial charge is 0.320 e. The third-order valence-electron chi connectivity index (χ3n) is 3.36. The molecule has 1 unspecified atom stereocenters. The second-order valence-corrected chi connectivity index (χ2v) is 4.75. The van der Waals surface area contributed by atoms with Crippen molar-refractivity contribution in [2.75, 3.05) is 32.7 Å². The fraction of sp³-hybridized carbons (Fsp3) is 0.909. The van der Waals surface area contributed by atoms with Crippen LogP contribution in [-0.2, 0) is 0 Å². The van der Waals surface area contributed by atoms with E-state index in [1.54, 1.807) is 11.8 Å². The quantitative estimate of drug-likeness (QED) is 0.705. The largest absolute Gasteiger partial charge is 0.392 e. The first-order chi connectivity index (χ1) is 7.68. The molecule has 1 atom stereocenters. The van der Waals surface area contributed by atoms with Gasteiger partial charge in [0.15, 0.2) is 0 Å². The molecule has 92 valence electrons. The lowest BCUT2D eigenvalue weighted by molar-refractivity contribution is 0.132. The molecular weight excluding hydrogens is 206 g/mol. The summed E-state index contributed by atoms with van der Waals surface area (Å²) in [5.41, 5.74) is 0. The molecule has 16 heavy (non-hydrogen) atoms. The summed E-state index contributed by atoms with van der Waals surface area (Å²) in [6.07, 6.45) is 1.67. The summed E-state index contributed by atoms with van der Waals surface area (Å²) < 4.78 is 0. The van der Waals surface area contributed by atoms with Gasteiger partial charge in [0.1, 0.15) is 0 Å². The highest BCUT2D eigenvalue weighted by molar-refractivity contribution is 5.76. The minimum Gasteiger partial charge on any atom is -0.392 e. The van der Waals surface area contributed by atoms with Crippen LogP contribution in [0.15, 0.2) is 0 Å². The van der Waals surface area contributed by atoms with Gasteiger partial charge in [0.2, 0.25) is 0 Å². The van der Waals surface area contributed by atoms with Crippen LogP contribution in [0.2, 0.25) is 0 Å². The van der Waals surface area contributed by atoms with Crippen molar-refractivity contribution < 1.29 is 9.90 Å². The van der Waals surface area contributed by atoms with Crippen LogP contribution in [-0.4, -0.2) is 65.8 Å². The van der Waals surface area contributed by atoms with E-state index in [1.165, 1.54) is 0 Å². The van der Waals surface area contributed by atoms with Crippen LogP contribution in [0.25, 0.3) is 0 Å². The Morgan fingerprint density at radius 2 is 2.12 bits per heavy atom. The summed E-state index contributed by atoms with van der Waals surface area (Å²) in [6, 6.07) is 0.501. The van der Waals surface area contributed by atoms with E-state index >= 15 is 0 Å². The second kappa shape index (κ2) is 5.01. The number of hydrogen-bond acceptors (Lipinski definition) is 3. The molecule has 2 amide bonds. The van der Waals surface area contributed by atoms with Crippen LogP contribution in [0.3, 0.4) is 0 Å². The fourth-order valence-corrected chi connectivity index (χ4v) is 2.55. The third kappa shape index (κ3) is 2.47. The Morgan fingerprint density at radius 1 is 1.44 bits per heavy atom. The number of aliphatic hydroxyl groups is 1. The maximum absolute atomic E-state index is 12.1. The minimum atomic E-state index is -0.433. The highest BCUT2D eigenvalue weighted by Crippen LogP contribution is 2.18. The standard InChI is InChI=1S/C11H21N3O2/c1-9(15)8-13-6-7-14(11(13)16)10-2-4-12-5-3-10/h9-10,12,15H,2-8H2,1H3. The Hall–Kier alpha value is -0.810. The molecule has 2 saturated heterocycles. The maximum atomic E-state index is 12.1. The zero-order chi connectivity index (χ0) is 11.5. The van der Waals surface area contributed by atoms with Crippen molar-refractivity contribution in [1.82, 2.24) is 15.1 Å². The van der Waals surface area contributed by atoms with Gasteiger partial charge in [0.25, 0.3) is 0 Å². The number of amides is 2. The minimum absolute atomic E-state index is 0.104. The SMILES string of the molecule is CC(O)CN1CCN(C2CCNCC2)C1=O. The second-order valence-electron chi connectivity index (χ2n) is 4.75. The van der Waals surface area contributed by atoms with Crippen molar-refractivity contribution in [3.05, 3.63) is 0 Å². The summed E-state index contributed by atoms with van der Waals surface area (Å²) in [7, 11) is 0. The predicted octanol–water partition coefficient (Wildman–Crippen LogP) is -0.143. The molecule has 5 heteroatoms. The lowest BCUT2D eigenvalue weighted by Crippen LogP contribution is -2.45. The lowest BCUT2D eigenvalue weighted by atomic mass is 10.1. The average molecular weight is 227 g/mol. The van der Waals surface area contributed by atoms with Crippen LogP contribution in [0, 0.1) is 0 Å². The lowest BCUT2D eigenvalue weighted by Gasteiger charge is -2.31. The Labute approximate surface area is 96.4 Å².